The number of hydrogen-bond donors (Lipinski definition) is 2. The highest BCUT2D eigenvalue weighted by atomic mass is 19.4. The maximum Gasteiger partial charge on any atom is 0.433 e. The molecule has 3 aliphatic rings. The monoisotopic (exact) mass is 802 g/mol. The summed E-state index contributed by atoms with van der Waals surface area (Å²) in [6, 6.07) is 10.4. The second-order valence-corrected chi connectivity index (χ2v) is 15.8. The number of benzene rings is 1. The van der Waals surface area contributed by atoms with E-state index in [2.05, 4.69) is 33.6 Å². The van der Waals surface area contributed by atoms with Crippen LogP contribution >= 0.6 is 0 Å². The van der Waals surface area contributed by atoms with Crippen LogP contribution in [-0.2, 0) is 22.8 Å². The molecule has 3 fully saturated rings. The molecule has 1 aliphatic carbocycles. The quantitative estimate of drug-likeness (QED) is 0.168. The normalized spacial score (nSPS) is 18.7. The number of ether oxygens (including phenoxy) is 1. The van der Waals surface area contributed by atoms with Crippen LogP contribution in [0.4, 0.5) is 19.0 Å². The summed E-state index contributed by atoms with van der Waals surface area (Å²) in [4.78, 5) is 60.3. The lowest BCUT2D eigenvalue weighted by Gasteiger charge is -2.29. The number of rotatable bonds is 7. The van der Waals surface area contributed by atoms with Crippen molar-refractivity contribution in [2.75, 3.05) is 25.5 Å². The van der Waals surface area contributed by atoms with Gasteiger partial charge in [0.1, 0.15) is 29.0 Å². The fourth-order valence-corrected chi connectivity index (χ4v) is 8.35. The Bertz CT molecular complexity index is 2390. The van der Waals surface area contributed by atoms with E-state index in [4.69, 9.17) is 9.72 Å². The number of aryl methyl sites for hydroxylation is 1. The first kappa shape index (κ1) is 40.7. The van der Waals surface area contributed by atoms with Crippen molar-refractivity contribution in [3.05, 3.63) is 87.9 Å². The molecule has 2 aliphatic heterocycles. The van der Waals surface area contributed by atoms with Crippen LogP contribution in [0.25, 0.3) is 16.7 Å². The third-order valence-electron chi connectivity index (χ3n) is 11.3. The molecule has 6 heterocycles. The number of anilines is 1. The number of imide groups is 1. The average molecular weight is 803 g/mol. The third-order valence-corrected chi connectivity index (χ3v) is 11.3. The molecule has 3 amide bonds. The van der Waals surface area contributed by atoms with Gasteiger partial charge >= 0.3 is 11.9 Å². The van der Waals surface area contributed by atoms with Crippen molar-refractivity contribution in [1.82, 2.24) is 33.7 Å². The molecule has 1 unspecified atom stereocenters. The van der Waals surface area contributed by atoms with Crippen LogP contribution in [0.3, 0.4) is 0 Å². The summed E-state index contributed by atoms with van der Waals surface area (Å²) < 4.78 is 49.7. The van der Waals surface area contributed by atoms with Gasteiger partial charge in [-0.15, -0.1) is 0 Å². The SMILES string of the molecule is CC(C)Oc1cc2nc(C3CCCCC3)cn2cc1C(=O)Nc1cccc(C(F)(F)F)n1.CN1CCC(c2cccc3c2n(C)c(=O)n3C2CCC(=O)NC2=O)CC1. The Hall–Kier alpha value is -5.51. The number of piperidine rings is 2. The molecular formula is C42H49F3N8O5. The highest BCUT2D eigenvalue weighted by Gasteiger charge is 2.34. The number of carbonyl (C=O) groups excluding carboxylic acids is 3. The van der Waals surface area contributed by atoms with Gasteiger partial charge < -0.3 is 19.4 Å². The first-order valence-electron chi connectivity index (χ1n) is 19.9. The summed E-state index contributed by atoms with van der Waals surface area (Å²) in [6.45, 7) is 5.75. The molecule has 0 bridgehead atoms. The molecule has 4 aromatic heterocycles. The van der Waals surface area contributed by atoms with E-state index in [0.717, 1.165) is 61.6 Å². The fraction of sp³-hybridized carbons (Fsp3) is 0.476. The first-order valence-corrected chi connectivity index (χ1v) is 19.9. The molecule has 1 aromatic carbocycles. The Labute approximate surface area is 333 Å². The van der Waals surface area contributed by atoms with Gasteiger partial charge in [0, 0.05) is 37.8 Å². The molecule has 13 nitrogen and oxygen atoms in total. The standard InChI is InChI=1S/C23H25F3N4O2.C19H24N4O3/c1-14(2)32-18-11-21-27-17(15-7-4-3-5-8-15)13-30(21)12-16(18)22(31)29-20-10-6-9-19(28-20)23(24,25)26;1-21-10-8-12(9-11-21)13-4-3-5-14-17(13)22(2)19(26)23(14)15-6-7-16(24)20-18(15)25/h6,9-15H,3-5,7-8H2,1-2H3,(H,28,29,31);3-5,12,15H,6-11H2,1-2H3,(H,20,24,25). The summed E-state index contributed by atoms with van der Waals surface area (Å²) in [7, 11) is 3.90. The number of nitrogens with one attached hydrogen (secondary N) is 2. The van der Waals surface area contributed by atoms with Gasteiger partial charge in [0.05, 0.1) is 28.4 Å². The Morgan fingerprint density at radius 2 is 1.64 bits per heavy atom. The van der Waals surface area contributed by atoms with Gasteiger partial charge in [-0.05, 0) is 95.8 Å². The fourth-order valence-electron chi connectivity index (χ4n) is 8.35. The summed E-state index contributed by atoms with van der Waals surface area (Å²) in [5.74, 6) is -0.330. The maximum absolute atomic E-state index is 13.0. The summed E-state index contributed by atoms with van der Waals surface area (Å²) in [5, 5.41) is 4.81. The van der Waals surface area contributed by atoms with E-state index in [9.17, 15) is 32.3 Å². The van der Waals surface area contributed by atoms with Crippen molar-refractivity contribution < 1.29 is 32.3 Å². The number of imidazole rings is 2. The highest BCUT2D eigenvalue weighted by Crippen LogP contribution is 2.35. The minimum absolute atomic E-state index is 0.186. The van der Waals surface area contributed by atoms with Crippen molar-refractivity contribution in [1.29, 1.82) is 0 Å². The van der Waals surface area contributed by atoms with E-state index >= 15 is 0 Å². The van der Waals surface area contributed by atoms with E-state index in [1.165, 1.54) is 37.0 Å². The number of carbonyl (C=O) groups is 3. The molecular weight excluding hydrogens is 754 g/mol. The first-order chi connectivity index (χ1) is 27.7. The zero-order chi connectivity index (χ0) is 41.3. The second kappa shape index (κ2) is 16.8. The zero-order valence-corrected chi connectivity index (χ0v) is 33.1. The van der Waals surface area contributed by atoms with Crippen molar-refractivity contribution in [2.24, 2.45) is 7.05 Å². The second-order valence-electron chi connectivity index (χ2n) is 15.8. The lowest BCUT2D eigenvalue weighted by molar-refractivity contribution is -0.141. The molecule has 8 rings (SSSR count). The third kappa shape index (κ3) is 8.66. The molecule has 2 saturated heterocycles. The van der Waals surface area contributed by atoms with Gasteiger partial charge in [-0.25, -0.2) is 14.8 Å². The largest absolute Gasteiger partial charge is 0.490 e. The molecule has 16 heteroatoms. The minimum Gasteiger partial charge on any atom is -0.490 e. The van der Waals surface area contributed by atoms with Crippen LogP contribution in [-0.4, -0.2) is 72.4 Å². The molecule has 2 N–H and O–H groups in total. The molecule has 5 aromatic rings. The number of nitrogens with zero attached hydrogens (tertiary/aromatic N) is 6. The van der Waals surface area contributed by atoms with Gasteiger partial charge in [-0.1, -0.05) is 37.5 Å². The Kier molecular flexibility index (Phi) is 11.8. The van der Waals surface area contributed by atoms with Crippen LogP contribution in [0.2, 0.25) is 0 Å². The molecule has 58 heavy (non-hydrogen) atoms. The smallest absolute Gasteiger partial charge is 0.433 e. The van der Waals surface area contributed by atoms with E-state index in [1.807, 2.05) is 32.2 Å². The Morgan fingerprint density at radius 3 is 2.33 bits per heavy atom. The molecule has 308 valence electrons. The lowest BCUT2D eigenvalue weighted by Crippen LogP contribution is -2.44. The number of likely N-dealkylation sites (tertiary alicyclic amines) is 1. The number of para-hydroxylation sites is 1. The van der Waals surface area contributed by atoms with Gasteiger partial charge in [0.25, 0.3) is 5.91 Å². The predicted molar refractivity (Wildman–Crippen MR) is 212 cm³/mol. The lowest BCUT2D eigenvalue weighted by atomic mass is 9.87. The van der Waals surface area contributed by atoms with Crippen molar-refractivity contribution in [2.45, 2.75) is 102 Å². The predicted octanol–water partition coefficient (Wildman–Crippen LogP) is 6.96. The van der Waals surface area contributed by atoms with E-state index < -0.39 is 23.8 Å². The van der Waals surface area contributed by atoms with Gasteiger partial charge in [0.15, 0.2) is 0 Å². The summed E-state index contributed by atoms with van der Waals surface area (Å²) in [5.41, 5.74) is 3.44. The number of halogens is 3. The summed E-state index contributed by atoms with van der Waals surface area (Å²) in [6.07, 6.45) is 7.25. The van der Waals surface area contributed by atoms with Crippen LogP contribution in [0.1, 0.15) is 117 Å². The number of amides is 3. The van der Waals surface area contributed by atoms with Crippen molar-refractivity contribution >= 4 is 40.2 Å². The Morgan fingerprint density at radius 1 is 0.914 bits per heavy atom. The molecule has 1 saturated carbocycles. The van der Waals surface area contributed by atoms with E-state index in [-0.39, 0.29) is 41.4 Å². The summed E-state index contributed by atoms with van der Waals surface area (Å²) >= 11 is 0. The maximum atomic E-state index is 13.0. The van der Waals surface area contributed by atoms with Crippen LogP contribution < -0.4 is 21.1 Å². The molecule has 0 radical (unpaired) electrons. The molecule has 0 spiro atoms. The Balaban J connectivity index is 0.000000180. The van der Waals surface area contributed by atoms with Crippen LogP contribution in [0.15, 0.2) is 59.7 Å². The minimum atomic E-state index is -4.60. The van der Waals surface area contributed by atoms with Crippen molar-refractivity contribution in [3.63, 3.8) is 0 Å². The zero-order valence-electron chi connectivity index (χ0n) is 33.1. The number of pyridine rings is 2. The highest BCUT2D eigenvalue weighted by molar-refractivity contribution is 6.06. The number of fused-ring (bicyclic) bond motifs is 2. The van der Waals surface area contributed by atoms with Crippen LogP contribution in [0, 0.1) is 0 Å². The number of alkyl halides is 3. The number of aromatic nitrogens is 5. The van der Waals surface area contributed by atoms with Crippen LogP contribution in [0.5, 0.6) is 5.75 Å². The van der Waals surface area contributed by atoms with E-state index in [1.54, 1.807) is 32.8 Å². The van der Waals surface area contributed by atoms with Crippen molar-refractivity contribution in [3.8, 4) is 5.75 Å². The topological polar surface area (TPSA) is 145 Å². The van der Waals surface area contributed by atoms with Gasteiger partial charge in [-0.2, -0.15) is 13.2 Å². The average Bonchev–Trinajstić information content (AvgIpc) is 3.72. The molecule has 1 atom stereocenters. The van der Waals surface area contributed by atoms with E-state index in [0.29, 0.717) is 29.7 Å². The van der Waals surface area contributed by atoms with Gasteiger partial charge in [-0.3, -0.25) is 28.8 Å². The number of hydrogen-bond acceptors (Lipinski definition) is 8. The van der Waals surface area contributed by atoms with Gasteiger partial charge in [0.2, 0.25) is 11.8 Å².